The van der Waals surface area contributed by atoms with Crippen LogP contribution in [0.3, 0.4) is 0 Å². The number of ether oxygens (including phenoxy) is 1. The quantitative estimate of drug-likeness (QED) is 0.268. The van der Waals surface area contributed by atoms with Crippen molar-refractivity contribution in [2.24, 2.45) is 0 Å². The summed E-state index contributed by atoms with van der Waals surface area (Å²) >= 11 is 1.52. The van der Waals surface area contributed by atoms with E-state index in [1.165, 1.54) is 18.4 Å². The highest BCUT2D eigenvalue weighted by Crippen LogP contribution is 2.44. The average Bonchev–Trinajstić information content (AvgIpc) is 3.45. The molecule has 2 aromatic heterocycles. The Morgan fingerprint density at radius 3 is 2.14 bits per heavy atom. The molecule has 4 rings (SSSR count). The molecule has 36 heavy (non-hydrogen) atoms. The third-order valence-electron chi connectivity index (χ3n) is 6.91. The summed E-state index contributed by atoms with van der Waals surface area (Å²) in [6.07, 6.45) is 0.676. The molecule has 0 bridgehead atoms. The van der Waals surface area contributed by atoms with E-state index < -0.39 is 13.4 Å². The van der Waals surface area contributed by atoms with Crippen LogP contribution in [0.4, 0.5) is 0 Å². The zero-order valence-electron chi connectivity index (χ0n) is 21.6. The fraction of sp³-hybridized carbons (Fsp3) is 0.321. The number of esters is 1. The van der Waals surface area contributed by atoms with Crippen molar-refractivity contribution in [1.29, 1.82) is 0 Å². The normalized spacial score (nSPS) is 13.0. The smallest absolute Gasteiger partial charge is 0.340 e. The first-order valence-electron chi connectivity index (χ1n) is 12.0. The van der Waals surface area contributed by atoms with Gasteiger partial charge in [-0.1, -0.05) is 81.4 Å². The van der Waals surface area contributed by atoms with E-state index in [9.17, 15) is 9.59 Å². The lowest BCUT2D eigenvalue weighted by molar-refractivity contribution is 0.0601. The Morgan fingerprint density at radius 2 is 1.61 bits per heavy atom. The van der Waals surface area contributed by atoms with Gasteiger partial charge in [0.1, 0.15) is 16.6 Å². The van der Waals surface area contributed by atoms with Crippen LogP contribution in [0.25, 0.3) is 5.00 Å². The van der Waals surface area contributed by atoms with Crippen molar-refractivity contribution in [3.05, 3.63) is 88.8 Å². The van der Waals surface area contributed by atoms with E-state index in [1.54, 1.807) is 0 Å². The van der Waals surface area contributed by atoms with E-state index in [0.29, 0.717) is 17.8 Å². The van der Waals surface area contributed by atoms with Gasteiger partial charge in [0.25, 0.3) is 8.32 Å². The van der Waals surface area contributed by atoms with Gasteiger partial charge in [-0.2, -0.15) is 0 Å². The first-order valence-corrected chi connectivity index (χ1v) is 14.8. The average molecular weight is 520 g/mol. The molecular weight excluding hydrogens is 486 g/mol. The minimum Gasteiger partial charge on any atom is -0.465 e. The van der Waals surface area contributed by atoms with Gasteiger partial charge in [-0.3, -0.25) is 4.57 Å². The Labute approximate surface area is 217 Å². The van der Waals surface area contributed by atoms with Crippen molar-refractivity contribution >= 4 is 36.0 Å². The number of hydrogen-bond donors (Lipinski definition) is 1. The fourth-order valence-electron chi connectivity index (χ4n) is 5.18. The predicted octanol–water partition coefficient (Wildman–Crippen LogP) is 4.76. The third kappa shape index (κ3) is 4.56. The Balaban J connectivity index is 1.77. The molecule has 1 atom stereocenters. The monoisotopic (exact) mass is 519 g/mol. The molecular formula is C28H33N3O3SSi. The summed E-state index contributed by atoms with van der Waals surface area (Å²) in [7, 11) is -1.78. The summed E-state index contributed by atoms with van der Waals surface area (Å²) in [6, 6.07) is 21.9. The molecule has 1 unspecified atom stereocenters. The van der Waals surface area contributed by atoms with Crippen LogP contribution in [0, 0.1) is 13.8 Å². The highest BCUT2D eigenvalue weighted by atomic mass is 32.1. The van der Waals surface area contributed by atoms with Crippen LogP contribution in [0.5, 0.6) is 0 Å². The van der Waals surface area contributed by atoms with E-state index in [0.717, 1.165) is 26.1 Å². The standard InChI is InChI=1S/C28H33N3O3SSi/c1-19(25-30-29-21(3)31(25)26-24(27(32)34-6)17-20(2)35-26)18-28(4,5)36(33,22-13-9-7-10-14-22)23-15-11-8-12-16-23/h7-17,19,33H,18H2,1-6H3. The Kier molecular flexibility index (Phi) is 7.31. The second kappa shape index (κ2) is 10.1. The maximum Gasteiger partial charge on any atom is 0.340 e. The van der Waals surface area contributed by atoms with Gasteiger partial charge in [-0.25, -0.2) is 4.79 Å². The summed E-state index contributed by atoms with van der Waals surface area (Å²) in [6.45, 7) is 10.3. The highest BCUT2D eigenvalue weighted by Gasteiger charge is 2.50. The first-order chi connectivity index (χ1) is 17.1. The van der Waals surface area contributed by atoms with Gasteiger partial charge in [-0.05, 0) is 41.7 Å². The van der Waals surface area contributed by atoms with Gasteiger partial charge < -0.3 is 9.53 Å². The molecule has 0 amide bonds. The Bertz CT molecular complexity index is 1310. The van der Waals surface area contributed by atoms with Gasteiger partial charge >= 0.3 is 5.97 Å². The number of aromatic nitrogens is 3. The maximum atomic E-state index is 12.6. The minimum atomic E-state index is -3.17. The van der Waals surface area contributed by atoms with Crippen LogP contribution in [-0.2, 0) is 4.74 Å². The zero-order chi connectivity index (χ0) is 26.1. The van der Waals surface area contributed by atoms with Crippen LogP contribution in [0.2, 0.25) is 5.04 Å². The SMILES string of the molecule is COC(=O)c1cc(C)sc1-n1c(C)nnc1C(C)CC(C)(C)[Si](O)(c1ccccc1)c1ccccc1. The van der Waals surface area contributed by atoms with Crippen LogP contribution in [0.1, 0.15) is 60.0 Å². The van der Waals surface area contributed by atoms with Gasteiger partial charge in [-0.15, -0.1) is 21.5 Å². The number of thiophene rings is 1. The summed E-state index contributed by atoms with van der Waals surface area (Å²) in [5.41, 5.74) is 0.509. The summed E-state index contributed by atoms with van der Waals surface area (Å²) in [5, 5.41) is 11.2. The van der Waals surface area contributed by atoms with Gasteiger partial charge in [0.15, 0.2) is 0 Å². The van der Waals surface area contributed by atoms with Crippen LogP contribution < -0.4 is 10.4 Å². The molecule has 0 aliphatic carbocycles. The minimum absolute atomic E-state index is 0.0412. The van der Waals surface area contributed by atoms with Crippen LogP contribution in [-0.4, -0.2) is 41.0 Å². The number of carbonyl (C=O) groups excluding carboxylic acids is 1. The summed E-state index contributed by atoms with van der Waals surface area (Å²) in [4.78, 5) is 26.1. The summed E-state index contributed by atoms with van der Waals surface area (Å²) < 4.78 is 7.01. The van der Waals surface area contributed by atoms with Crippen LogP contribution in [0.15, 0.2) is 66.7 Å². The predicted molar refractivity (Wildman–Crippen MR) is 147 cm³/mol. The second-order valence-electron chi connectivity index (χ2n) is 9.94. The largest absolute Gasteiger partial charge is 0.465 e. The molecule has 1 N–H and O–H groups in total. The number of hydrogen-bond acceptors (Lipinski definition) is 6. The molecule has 0 aliphatic heterocycles. The molecule has 8 heteroatoms. The van der Waals surface area contributed by atoms with Crippen molar-refractivity contribution in [2.45, 2.75) is 52.0 Å². The molecule has 0 aliphatic rings. The molecule has 6 nitrogen and oxygen atoms in total. The van der Waals surface area contributed by atoms with E-state index in [4.69, 9.17) is 4.74 Å². The summed E-state index contributed by atoms with van der Waals surface area (Å²) in [5.74, 6) is 1.06. The lowest BCUT2D eigenvalue weighted by Gasteiger charge is -2.42. The second-order valence-corrected chi connectivity index (χ2v) is 15.1. The molecule has 0 spiro atoms. The number of nitrogens with zero attached hydrogens (tertiary/aromatic N) is 3. The number of aryl methyl sites for hydroxylation is 2. The fourth-order valence-corrected chi connectivity index (χ4v) is 10.1. The van der Waals surface area contributed by atoms with E-state index in [-0.39, 0.29) is 11.9 Å². The molecule has 2 aromatic carbocycles. The van der Waals surface area contributed by atoms with Crippen molar-refractivity contribution < 1.29 is 14.3 Å². The van der Waals surface area contributed by atoms with Crippen molar-refractivity contribution in [2.75, 3.05) is 7.11 Å². The maximum absolute atomic E-state index is 12.6. The van der Waals surface area contributed by atoms with E-state index >= 15 is 0 Å². The number of methoxy groups -OCH3 is 1. The first kappa shape index (κ1) is 26.0. The third-order valence-corrected chi connectivity index (χ3v) is 12.5. The van der Waals surface area contributed by atoms with Gasteiger partial charge in [0, 0.05) is 10.8 Å². The van der Waals surface area contributed by atoms with Crippen LogP contribution >= 0.6 is 11.3 Å². The molecule has 0 fully saturated rings. The molecule has 188 valence electrons. The van der Waals surface area contributed by atoms with Crippen molar-refractivity contribution in [3.8, 4) is 5.00 Å². The zero-order valence-corrected chi connectivity index (χ0v) is 23.5. The highest BCUT2D eigenvalue weighted by molar-refractivity contribution is 7.14. The van der Waals surface area contributed by atoms with Crippen molar-refractivity contribution in [1.82, 2.24) is 14.8 Å². The lowest BCUT2D eigenvalue weighted by Crippen LogP contribution is -2.65. The van der Waals surface area contributed by atoms with Gasteiger partial charge in [0.2, 0.25) is 0 Å². The Morgan fingerprint density at radius 1 is 1.06 bits per heavy atom. The number of rotatable bonds is 8. The molecule has 0 saturated heterocycles. The lowest BCUT2D eigenvalue weighted by atomic mass is 9.97. The Hall–Kier alpha value is -3.07. The van der Waals surface area contributed by atoms with E-state index in [1.807, 2.05) is 85.1 Å². The number of carbonyl (C=O) groups is 1. The van der Waals surface area contributed by atoms with E-state index in [2.05, 4.69) is 31.0 Å². The number of benzene rings is 2. The molecule has 4 aromatic rings. The molecule has 0 saturated carbocycles. The van der Waals surface area contributed by atoms with Crippen molar-refractivity contribution in [3.63, 3.8) is 0 Å². The molecule has 0 radical (unpaired) electrons. The van der Waals surface area contributed by atoms with Gasteiger partial charge in [0.05, 0.1) is 12.7 Å². The topological polar surface area (TPSA) is 77.2 Å². The molecule has 2 heterocycles.